The first kappa shape index (κ1) is 14.7. The van der Waals surface area contributed by atoms with Crippen molar-refractivity contribution in [2.75, 3.05) is 0 Å². The van der Waals surface area contributed by atoms with Crippen molar-refractivity contribution in [2.45, 2.75) is 26.7 Å². The Bertz CT molecular complexity index is 653. The van der Waals surface area contributed by atoms with E-state index < -0.39 is 5.97 Å². The van der Waals surface area contributed by atoms with Gasteiger partial charge in [-0.05, 0) is 37.1 Å². The number of hydrogen-bond acceptors (Lipinski definition) is 2. The average molecular weight is 334 g/mol. The molecule has 0 bridgehead atoms. The zero-order valence-corrected chi connectivity index (χ0v) is 13.1. The van der Waals surface area contributed by atoms with Gasteiger partial charge in [-0.1, -0.05) is 41.4 Å². The molecule has 0 amide bonds. The summed E-state index contributed by atoms with van der Waals surface area (Å²) in [7, 11) is 0. The Morgan fingerprint density at radius 2 is 2.10 bits per heavy atom. The van der Waals surface area contributed by atoms with Gasteiger partial charge in [0.2, 0.25) is 0 Å². The van der Waals surface area contributed by atoms with Gasteiger partial charge in [0.15, 0.2) is 0 Å². The van der Waals surface area contributed by atoms with E-state index in [9.17, 15) is 9.90 Å². The van der Waals surface area contributed by atoms with Gasteiger partial charge in [0.05, 0.1) is 17.0 Å². The summed E-state index contributed by atoms with van der Waals surface area (Å²) >= 11 is 3.45. The predicted octanol–water partition coefficient (Wildman–Crippen LogP) is 4.47. The molecule has 1 aromatic carbocycles. The maximum atomic E-state index is 11.3. The first-order valence-corrected chi connectivity index (χ1v) is 7.32. The molecule has 1 N–H and O–H groups in total. The third-order valence-electron chi connectivity index (χ3n) is 3.11. The molecule has 1 heterocycles. The van der Waals surface area contributed by atoms with Crippen molar-refractivity contribution >= 4 is 21.9 Å². The van der Waals surface area contributed by atoms with Gasteiger partial charge < -0.3 is 5.11 Å². The number of carboxylic acid groups (broad SMARTS) is 1. The normalized spacial score (nSPS) is 10.6. The molecule has 104 valence electrons. The van der Waals surface area contributed by atoms with Crippen LogP contribution in [-0.4, -0.2) is 16.1 Å². The van der Waals surface area contributed by atoms with Crippen LogP contribution in [0.25, 0.3) is 11.3 Å². The summed E-state index contributed by atoms with van der Waals surface area (Å²) < 4.78 is 0.982. The Morgan fingerprint density at radius 3 is 2.70 bits per heavy atom. The van der Waals surface area contributed by atoms with Crippen molar-refractivity contribution in [3.63, 3.8) is 0 Å². The van der Waals surface area contributed by atoms with Crippen LogP contribution in [0.3, 0.4) is 0 Å². The molecule has 20 heavy (non-hydrogen) atoms. The molecular formula is C16H16BrNO2. The zero-order valence-electron chi connectivity index (χ0n) is 11.5. The highest BCUT2D eigenvalue weighted by molar-refractivity contribution is 9.10. The Labute approximate surface area is 126 Å². The van der Waals surface area contributed by atoms with Crippen LogP contribution in [0.5, 0.6) is 0 Å². The van der Waals surface area contributed by atoms with E-state index in [0.29, 0.717) is 17.7 Å². The lowest BCUT2D eigenvalue weighted by atomic mass is 10.0. The van der Waals surface area contributed by atoms with E-state index >= 15 is 0 Å². The second kappa shape index (κ2) is 6.18. The van der Waals surface area contributed by atoms with Crippen molar-refractivity contribution in [2.24, 2.45) is 0 Å². The van der Waals surface area contributed by atoms with Crippen LogP contribution in [0, 0.1) is 6.92 Å². The fourth-order valence-electron chi connectivity index (χ4n) is 2.19. The van der Waals surface area contributed by atoms with E-state index in [1.165, 1.54) is 0 Å². The molecule has 4 heteroatoms. The highest BCUT2D eigenvalue weighted by Gasteiger charge is 2.15. The fourth-order valence-corrected chi connectivity index (χ4v) is 2.59. The number of halogens is 1. The van der Waals surface area contributed by atoms with Gasteiger partial charge in [-0.25, -0.2) is 4.79 Å². The maximum Gasteiger partial charge on any atom is 0.337 e. The number of pyridine rings is 1. The summed E-state index contributed by atoms with van der Waals surface area (Å²) in [6.07, 6.45) is 1.54. The first-order valence-electron chi connectivity index (χ1n) is 6.52. The van der Waals surface area contributed by atoms with Gasteiger partial charge in [-0.15, -0.1) is 0 Å². The number of rotatable bonds is 4. The number of hydrogen-bond donors (Lipinski definition) is 1. The average Bonchev–Trinajstić information content (AvgIpc) is 2.40. The molecule has 0 atom stereocenters. The lowest BCUT2D eigenvalue weighted by molar-refractivity contribution is 0.0695. The molecule has 0 aliphatic rings. The van der Waals surface area contributed by atoms with E-state index in [-0.39, 0.29) is 0 Å². The van der Waals surface area contributed by atoms with Gasteiger partial charge >= 0.3 is 5.97 Å². The Hall–Kier alpha value is -1.68. The summed E-state index contributed by atoms with van der Waals surface area (Å²) in [4.78, 5) is 15.9. The summed E-state index contributed by atoms with van der Waals surface area (Å²) in [5.41, 5.74) is 3.68. The van der Waals surface area contributed by atoms with Gasteiger partial charge in [0.25, 0.3) is 0 Å². The van der Waals surface area contributed by atoms with E-state index in [2.05, 4.69) is 20.9 Å². The number of aryl methyl sites for hydroxylation is 2. The third kappa shape index (κ3) is 3.07. The fraction of sp³-hybridized carbons (Fsp3) is 0.250. The van der Waals surface area contributed by atoms with Crippen molar-refractivity contribution in [3.8, 4) is 11.3 Å². The molecule has 3 nitrogen and oxygen atoms in total. The van der Waals surface area contributed by atoms with Crippen molar-refractivity contribution in [1.82, 2.24) is 4.98 Å². The summed E-state index contributed by atoms with van der Waals surface area (Å²) in [5, 5.41) is 9.27. The summed E-state index contributed by atoms with van der Waals surface area (Å²) in [6.45, 7) is 3.91. The quantitative estimate of drug-likeness (QED) is 0.897. The van der Waals surface area contributed by atoms with E-state index in [0.717, 1.165) is 27.7 Å². The minimum atomic E-state index is -0.912. The Kier molecular flexibility index (Phi) is 4.55. The number of benzene rings is 1. The molecule has 0 spiro atoms. The molecule has 0 fully saturated rings. The molecule has 2 aromatic rings. The monoisotopic (exact) mass is 333 g/mol. The Balaban J connectivity index is 2.60. The van der Waals surface area contributed by atoms with Crippen LogP contribution in [0.4, 0.5) is 0 Å². The van der Waals surface area contributed by atoms with Crippen LogP contribution in [0.2, 0.25) is 0 Å². The van der Waals surface area contributed by atoms with Crippen molar-refractivity contribution in [3.05, 3.63) is 51.6 Å². The topological polar surface area (TPSA) is 50.2 Å². The van der Waals surface area contributed by atoms with E-state index in [1.807, 2.05) is 38.1 Å². The smallest absolute Gasteiger partial charge is 0.337 e. The number of aromatic nitrogens is 1. The summed E-state index contributed by atoms with van der Waals surface area (Å²) in [5.74, 6) is -0.912. The van der Waals surface area contributed by atoms with Crippen LogP contribution >= 0.6 is 15.9 Å². The highest BCUT2D eigenvalue weighted by atomic mass is 79.9. The second-order valence-corrected chi connectivity index (χ2v) is 5.63. The standard InChI is InChI=1S/C16H16BrNO2/c1-3-5-14-13(16(19)20)8-10(2)15(18-14)11-6-4-7-12(17)9-11/h4,6-9H,3,5H2,1-2H3,(H,19,20). The minimum Gasteiger partial charge on any atom is -0.478 e. The number of carboxylic acids is 1. The Morgan fingerprint density at radius 1 is 1.35 bits per heavy atom. The van der Waals surface area contributed by atoms with Crippen molar-refractivity contribution < 1.29 is 9.90 Å². The predicted molar refractivity (Wildman–Crippen MR) is 83.1 cm³/mol. The van der Waals surface area contributed by atoms with Crippen molar-refractivity contribution in [1.29, 1.82) is 0 Å². The third-order valence-corrected chi connectivity index (χ3v) is 3.60. The number of aromatic carboxylic acids is 1. The molecule has 0 unspecified atom stereocenters. The molecule has 2 rings (SSSR count). The minimum absolute atomic E-state index is 0.308. The first-order chi connectivity index (χ1) is 9.52. The van der Waals surface area contributed by atoms with Gasteiger partial charge in [0, 0.05) is 10.0 Å². The second-order valence-electron chi connectivity index (χ2n) is 4.71. The van der Waals surface area contributed by atoms with Gasteiger partial charge in [-0.2, -0.15) is 0 Å². The number of nitrogens with zero attached hydrogens (tertiary/aromatic N) is 1. The highest BCUT2D eigenvalue weighted by Crippen LogP contribution is 2.26. The maximum absolute atomic E-state index is 11.3. The molecular weight excluding hydrogens is 318 g/mol. The molecule has 1 aromatic heterocycles. The summed E-state index contributed by atoms with van der Waals surface area (Å²) in [6, 6.07) is 9.60. The SMILES string of the molecule is CCCc1nc(-c2cccc(Br)c2)c(C)cc1C(=O)O. The largest absolute Gasteiger partial charge is 0.478 e. The van der Waals surface area contributed by atoms with Crippen LogP contribution < -0.4 is 0 Å². The van der Waals surface area contributed by atoms with Crippen LogP contribution in [0.15, 0.2) is 34.8 Å². The lowest BCUT2D eigenvalue weighted by Crippen LogP contribution is -2.07. The zero-order chi connectivity index (χ0) is 14.7. The molecule has 0 saturated heterocycles. The molecule has 0 aliphatic heterocycles. The van der Waals surface area contributed by atoms with Crippen LogP contribution in [0.1, 0.15) is 35.0 Å². The van der Waals surface area contributed by atoms with Crippen LogP contribution in [-0.2, 0) is 6.42 Å². The van der Waals surface area contributed by atoms with Gasteiger partial charge in [0.1, 0.15) is 0 Å². The van der Waals surface area contributed by atoms with Gasteiger partial charge in [-0.3, -0.25) is 4.98 Å². The molecule has 0 aliphatic carbocycles. The molecule has 0 radical (unpaired) electrons. The number of carbonyl (C=O) groups is 1. The lowest BCUT2D eigenvalue weighted by Gasteiger charge is -2.11. The van der Waals surface area contributed by atoms with E-state index in [4.69, 9.17) is 0 Å². The van der Waals surface area contributed by atoms with E-state index in [1.54, 1.807) is 6.07 Å². The molecule has 0 saturated carbocycles.